The zero-order chi connectivity index (χ0) is 15.2. The molecule has 110 valence electrons. The zero-order valence-electron chi connectivity index (χ0n) is 12.8. The number of pyridine rings is 1. The van der Waals surface area contributed by atoms with Crippen LogP contribution >= 0.6 is 0 Å². The van der Waals surface area contributed by atoms with E-state index in [0.29, 0.717) is 18.7 Å². The van der Waals surface area contributed by atoms with Crippen LogP contribution in [0.1, 0.15) is 22.8 Å². The van der Waals surface area contributed by atoms with Gasteiger partial charge in [-0.25, -0.2) is 0 Å². The highest BCUT2D eigenvalue weighted by Crippen LogP contribution is 2.15. The number of hydrogen-bond acceptors (Lipinski definition) is 3. The topological polar surface area (TPSA) is 36.4 Å². The first-order valence-electron chi connectivity index (χ1n) is 7.07. The highest BCUT2D eigenvalue weighted by Gasteiger charge is 2.14. The van der Waals surface area contributed by atoms with Crippen LogP contribution in [0.2, 0.25) is 0 Å². The molecule has 4 nitrogen and oxygen atoms in total. The Morgan fingerprint density at radius 2 is 1.67 bits per heavy atom. The minimum atomic E-state index is 0.0385. The van der Waals surface area contributed by atoms with Gasteiger partial charge in [0, 0.05) is 50.8 Å². The Hall–Kier alpha value is -2.36. The van der Waals surface area contributed by atoms with E-state index in [4.69, 9.17) is 0 Å². The number of hydrogen-bond donors (Lipinski definition) is 0. The molecule has 0 unspecified atom stereocenters. The molecule has 0 fully saturated rings. The van der Waals surface area contributed by atoms with Crippen molar-refractivity contribution in [2.75, 3.05) is 25.5 Å². The molecule has 0 saturated carbocycles. The van der Waals surface area contributed by atoms with E-state index in [1.165, 1.54) is 0 Å². The number of carbonyl (C=O) groups excluding carboxylic acids is 1. The van der Waals surface area contributed by atoms with Crippen LogP contribution in [0.15, 0.2) is 48.8 Å². The summed E-state index contributed by atoms with van der Waals surface area (Å²) in [6, 6.07) is 11.8. The van der Waals surface area contributed by atoms with Gasteiger partial charge in [-0.15, -0.1) is 0 Å². The maximum Gasteiger partial charge on any atom is 0.254 e. The average Bonchev–Trinajstić information content (AvgIpc) is 2.53. The number of nitrogens with zero attached hydrogens (tertiary/aromatic N) is 3. The molecule has 0 bridgehead atoms. The monoisotopic (exact) mass is 283 g/mol. The van der Waals surface area contributed by atoms with Crippen molar-refractivity contribution in [3.63, 3.8) is 0 Å². The lowest BCUT2D eigenvalue weighted by Crippen LogP contribution is -2.30. The fraction of sp³-hybridized carbons (Fsp3) is 0.294. The molecule has 0 aliphatic carbocycles. The summed E-state index contributed by atoms with van der Waals surface area (Å²) >= 11 is 0. The Kier molecular flexibility index (Phi) is 4.93. The number of anilines is 1. The predicted molar refractivity (Wildman–Crippen MR) is 85.4 cm³/mol. The molecule has 2 aromatic rings. The molecular weight excluding hydrogens is 262 g/mol. The van der Waals surface area contributed by atoms with E-state index in [0.717, 1.165) is 11.3 Å². The second-order valence-electron chi connectivity index (χ2n) is 5.12. The Balaban J connectivity index is 2.10. The van der Waals surface area contributed by atoms with E-state index < -0.39 is 0 Å². The van der Waals surface area contributed by atoms with E-state index in [1.54, 1.807) is 24.5 Å². The lowest BCUT2D eigenvalue weighted by molar-refractivity contribution is 0.0752. The molecule has 2 rings (SSSR count). The standard InChI is InChI=1S/C17H21N3O/c1-4-20(17(21)15-9-11-18-12-10-15)13-14-5-7-16(8-6-14)19(2)3/h5-12H,4,13H2,1-3H3. The van der Waals surface area contributed by atoms with Gasteiger partial charge in [-0.05, 0) is 36.8 Å². The largest absolute Gasteiger partial charge is 0.378 e. The van der Waals surface area contributed by atoms with Crippen LogP contribution in [-0.4, -0.2) is 36.4 Å². The van der Waals surface area contributed by atoms with Gasteiger partial charge < -0.3 is 9.80 Å². The van der Waals surface area contributed by atoms with Gasteiger partial charge in [0.25, 0.3) is 5.91 Å². The first-order valence-corrected chi connectivity index (χ1v) is 7.07. The van der Waals surface area contributed by atoms with Gasteiger partial charge in [-0.1, -0.05) is 12.1 Å². The molecule has 0 aliphatic heterocycles. The van der Waals surface area contributed by atoms with Gasteiger partial charge in [0.2, 0.25) is 0 Å². The zero-order valence-corrected chi connectivity index (χ0v) is 12.8. The van der Waals surface area contributed by atoms with Crippen LogP contribution in [0.3, 0.4) is 0 Å². The van der Waals surface area contributed by atoms with E-state index >= 15 is 0 Å². The predicted octanol–water partition coefficient (Wildman–Crippen LogP) is 2.81. The maximum atomic E-state index is 12.4. The van der Waals surface area contributed by atoms with Crippen molar-refractivity contribution in [3.8, 4) is 0 Å². The smallest absolute Gasteiger partial charge is 0.254 e. The summed E-state index contributed by atoms with van der Waals surface area (Å²) in [6.45, 7) is 3.29. The molecule has 4 heteroatoms. The molecule has 0 atom stereocenters. The van der Waals surface area contributed by atoms with E-state index in [9.17, 15) is 4.79 Å². The average molecular weight is 283 g/mol. The summed E-state index contributed by atoms with van der Waals surface area (Å²) in [6.07, 6.45) is 3.29. The minimum absolute atomic E-state index is 0.0385. The molecule has 1 aromatic heterocycles. The van der Waals surface area contributed by atoms with Crippen molar-refractivity contribution >= 4 is 11.6 Å². The van der Waals surface area contributed by atoms with Crippen LogP contribution in [-0.2, 0) is 6.54 Å². The summed E-state index contributed by atoms with van der Waals surface area (Å²) in [7, 11) is 4.03. The molecule has 21 heavy (non-hydrogen) atoms. The van der Waals surface area contributed by atoms with E-state index in [2.05, 4.69) is 34.1 Å². The SMILES string of the molecule is CCN(Cc1ccc(N(C)C)cc1)C(=O)c1ccncc1. The van der Waals surface area contributed by atoms with Gasteiger partial charge in [0.05, 0.1) is 0 Å². The third kappa shape index (κ3) is 3.81. The van der Waals surface area contributed by atoms with Crippen molar-refractivity contribution in [3.05, 3.63) is 59.9 Å². The van der Waals surface area contributed by atoms with Gasteiger partial charge in [-0.2, -0.15) is 0 Å². The number of aromatic nitrogens is 1. The molecular formula is C17H21N3O. The van der Waals surface area contributed by atoms with E-state index in [-0.39, 0.29) is 5.91 Å². The van der Waals surface area contributed by atoms with Crippen LogP contribution < -0.4 is 4.90 Å². The third-order valence-electron chi connectivity index (χ3n) is 3.42. The van der Waals surface area contributed by atoms with Crippen molar-refractivity contribution in [1.82, 2.24) is 9.88 Å². The quantitative estimate of drug-likeness (QED) is 0.846. The number of rotatable bonds is 5. The summed E-state index contributed by atoms with van der Waals surface area (Å²) in [5, 5.41) is 0. The lowest BCUT2D eigenvalue weighted by atomic mass is 10.1. The lowest BCUT2D eigenvalue weighted by Gasteiger charge is -2.21. The van der Waals surface area contributed by atoms with E-state index in [1.807, 2.05) is 25.9 Å². The van der Waals surface area contributed by atoms with Crippen LogP contribution in [0, 0.1) is 0 Å². The highest BCUT2D eigenvalue weighted by molar-refractivity contribution is 5.94. The Labute approximate surface area is 126 Å². The molecule has 1 amide bonds. The molecule has 0 aliphatic rings. The minimum Gasteiger partial charge on any atom is -0.378 e. The number of carbonyl (C=O) groups is 1. The van der Waals surface area contributed by atoms with Crippen molar-refractivity contribution in [2.24, 2.45) is 0 Å². The maximum absolute atomic E-state index is 12.4. The molecule has 0 spiro atoms. The van der Waals surface area contributed by atoms with Gasteiger partial charge in [0.15, 0.2) is 0 Å². The first-order chi connectivity index (χ1) is 10.1. The van der Waals surface area contributed by atoms with Crippen molar-refractivity contribution in [1.29, 1.82) is 0 Å². The Bertz CT molecular complexity index is 579. The van der Waals surface area contributed by atoms with Gasteiger partial charge in [-0.3, -0.25) is 9.78 Å². The van der Waals surface area contributed by atoms with Crippen LogP contribution in [0.5, 0.6) is 0 Å². The molecule has 0 saturated heterocycles. The van der Waals surface area contributed by atoms with Gasteiger partial charge in [0.1, 0.15) is 0 Å². The van der Waals surface area contributed by atoms with Crippen LogP contribution in [0.25, 0.3) is 0 Å². The highest BCUT2D eigenvalue weighted by atomic mass is 16.2. The number of benzene rings is 1. The first kappa shape index (κ1) is 15.0. The molecule has 1 heterocycles. The summed E-state index contributed by atoms with van der Waals surface area (Å²) in [5.41, 5.74) is 2.96. The Morgan fingerprint density at radius 3 is 2.19 bits per heavy atom. The second kappa shape index (κ2) is 6.88. The molecule has 1 aromatic carbocycles. The number of amides is 1. The molecule has 0 radical (unpaired) electrons. The fourth-order valence-electron chi connectivity index (χ4n) is 2.12. The third-order valence-corrected chi connectivity index (χ3v) is 3.42. The van der Waals surface area contributed by atoms with Crippen molar-refractivity contribution in [2.45, 2.75) is 13.5 Å². The van der Waals surface area contributed by atoms with Crippen molar-refractivity contribution < 1.29 is 4.79 Å². The normalized spacial score (nSPS) is 10.2. The second-order valence-corrected chi connectivity index (χ2v) is 5.12. The molecule has 0 N–H and O–H groups in total. The summed E-state index contributed by atoms with van der Waals surface area (Å²) in [5.74, 6) is 0.0385. The summed E-state index contributed by atoms with van der Waals surface area (Å²) in [4.78, 5) is 20.3. The van der Waals surface area contributed by atoms with Gasteiger partial charge >= 0.3 is 0 Å². The fourth-order valence-corrected chi connectivity index (χ4v) is 2.12. The summed E-state index contributed by atoms with van der Waals surface area (Å²) < 4.78 is 0. The Morgan fingerprint density at radius 1 is 1.05 bits per heavy atom. The van der Waals surface area contributed by atoms with Crippen LogP contribution in [0.4, 0.5) is 5.69 Å².